The third kappa shape index (κ3) is 5.14. The zero-order valence-corrected chi connectivity index (χ0v) is 9.26. The molecule has 0 aliphatic carbocycles. The first kappa shape index (κ1) is 14.9. The van der Waals surface area contributed by atoms with Crippen molar-refractivity contribution in [3.05, 3.63) is 0 Å². The molecule has 94 valence electrons. The topological polar surface area (TPSA) is 43.4 Å². The van der Waals surface area contributed by atoms with Crippen molar-refractivity contribution in [3.63, 3.8) is 0 Å². The van der Waals surface area contributed by atoms with E-state index in [0.29, 0.717) is 19.3 Å². The predicted octanol–water partition coefficient (Wildman–Crippen LogP) is 2.83. The van der Waals surface area contributed by atoms with Gasteiger partial charge in [0.2, 0.25) is 0 Å². The average molecular weight is 240 g/mol. The van der Waals surface area contributed by atoms with Gasteiger partial charge >= 0.3 is 18.1 Å². The Balaban J connectivity index is 4.26. The van der Waals surface area contributed by atoms with E-state index < -0.39 is 24.0 Å². The fraction of sp³-hybridized carbons (Fsp3) is 0.800. The van der Waals surface area contributed by atoms with Gasteiger partial charge in [-0.15, -0.1) is 0 Å². The normalized spacial score (nSPS) is 13.3. The monoisotopic (exact) mass is 240 g/mol. The second kappa shape index (κ2) is 6.50. The second-order valence-corrected chi connectivity index (χ2v) is 3.45. The molecule has 1 unspecified atom stereocenters. The van der Waals surface area contributed by atoms with Crippen LogP contribution in [0.5, 0.6) is 0 Å². The molecule has 0 saturated carbocycles. The van der Waals surface area contributed by atoms with Gasteiger partial charge in [0.1, 0.15) is 0 Å². The van der Waals surface area contributed by atoms with E-state index in [2.05, 4.69) is 4.74 Å². The van der Waals surface area contributed by atoms with Crippen molar-refractivity contribution in [2.75, 3.05) is 0 Å². The molecule has 0 aliphatic heterocycles. The van der Waals surface area contributed by atoms with Gasteiger partial charge in [-0.25, -0.2) is 4.79 Å². The number of ether oxygens (including phenoxy) is 1. The van der Waals surface area contributed by atoms with Crippen LogP contribution < -0.4 is 0 Å². The summed E-state index contributed by atoms with van der Waals surface area (Å²) in [4.78, 5) is 21.6. The lowest BCUT2D eigenvalue weighted by Gasteiger charge is -2.13. The van der Waals surface area contributed by atoms with E-state index in [1.54, 1.807) is 6.92 Å². The first-order chi connectivity index (χ1) is 7.32. The van der Waals surface area contributed by atoms with Gasteiger partial charge in [0.25, 0.3) is 0 Å². The maximum absolute atomic E-state index is 11.8. The molecule has 0 spiro atoms. The predicted molar refractivity (Wildman–Crippen MR) is 50.5 cm³/mol. The zero-order valence-electron chi connectivity index (χ0n) is 9.26. The molecule has 0 rings (SSSR count). The van der Waals surface area contributed by atoms with E-state index in [-0.39, 0.29) is 0 Å². The minimum atomic E-state index is -5.11. The fourth-order valence-electron chi connectivity index (χ4n) is 1.17. The highest BCUT2D eigenvalue weighted by atomic mass is 19.4. The molecule has 0 saturated heterocycles. The Labute approximate surface area is 92.0 Å². The van der Waals surface area contributed by atoms with Gasteiger partial charge in [0.05, 0.1) is 5.92 Å². The Morgan fingerprint density at radius 2 is 1.81 bits per heavy atom. The summed E-state index contributed by atoms with van der Waals surface area (Å²) in [5, 5.41) is 0. The largest absolute Gasteiger partial charge is 0.491 e. The number of rotatable bonds is 5. The minimum absolute atomic E-state index is 0.365. The van der Waals surface area contributed by atoms with Crippen LogP contribution in [0.2, 0.25) is 0 Å². The molecule has 6 heteroatoms. The van der Waals surface area contributed by atoms with Gasteiger partial charge in [-0.05, 0) is 12.8 Å². The summed E-state index contributed by atoms with van der Waals surface area (Å²) in [6, 6.07) is 0. The summed E-state index contributed by atoms with van der Waals surface area (Å²) in [5.41, 5.74) is 0. The number of carbonyl (C=O) groups excluding carboxylic acids is 2. The summed E-state index contributed by atoms with van der Waals surface area (Å²) < 4.78 is 39.2. The number of hydrogen-bond donors (Lipinski definition) is 0. The van der Waals surface area contributed by atoms with Crippen molar-refractivity contribution >= 4 is 11.9 Å². The Hall–Kier alpha value is -1.07. The van der Waals surface area contributed by atoms with Crippen molar-refractivity contribution in [1.82, 2.24) is 0 Å². The molecule has 0 aliphatic rings. The first-order valence-electron chi connectivity index (χ1n) is 5.15. The molecular weight excluding hydrogens is 225 g/mol. The third-order valence-electron chi connectivity index (χ3n) is 2.16. The standard InChI is InChI=1S/C10H15F3O3/c1-3-5-6-7(4-2)8(14)16-9(15)10(11,12)13/h7H,3-6H2,1-2H3. The smallest absolute Gasteiger partial charge is 0.386 e. The van der Waals surface area contributed by atoms with Crippen LogP contribution in [0.25, 0.3) is 0 Å². The van der Waals surface area contributed by atoms with Gasteiger partial charge in [0.15, 0.2) is 0 Å². The molecule has 0 fully saturated rings. The second-order valence-electron chi connectivity index (χ2n) is 3.45. The minimum Gasteiger partial charge on any atom is -0.386 e. The summed E-state index contributed by atoms with van der Waals surface area (Å²) in [6.07, 6.45) is -2.76. The average Bonchev–Trinajstić information content (AvgIpc) is 2.17. The van der Waals surface area contributed by atoms with Crippen LogP contribution in [-0.4, -0.2) is 18.1 Å². The maximum atomic E-state index is 11.8. The number of unbranched alkanes of at least 4 members (excludes halogenated alkanes) is 1. The van der Waals surface area contributed by atoms with Crippen molar-refractivity contribution in [3.8, 4) is 0 Å². The first-order valence-corrected chi connectivity index (χ1v) is 5.15. The van der Waals surface area contributed by atoms with Crippen LogP contribution in [0.3, 0.4) is 0 Å². The molecule has 0 aromatic heterocycles. The number of alkyl halides is 3. The number of esters is 2. The lowest BCUT2D eigenvalue weighted by molar-refractivity contribution is -0.203. The molecular formula is C10H15F3O3. The van der Waals surface area contributed by atoms with Crippen LogP contribution in [0.1, 0.15) is 39.5 Å². The Morgan fingerprint density at radius 1 is 1.25 bits per heavy atom. The van der Waals surface area contributed by atoms with Gasteiger partial charge in [-0.1, -0.05) is 26.7 Å². The summed E-state index contributed by atoms with van der Waals surface area (Å²) >= 11 is 0. The molecule has 0 aromatic rings. The van der Waals surface area contributed by atoms with E-state index >= 15 is 0 Å². The van der Waals surface area contributed by atoms with Crippen molar-refractivity contribution < 1.29 is 27.5 Å². The van der Waals surface area contributed by atoms with Crippen LogP contribution in [0.4, 0.5) is 13.2 Å². The van der Waals surface area contributed by atoms with Crippen LogP contribution in [0.15, 0.2) is 0 Å². The Bertz CT molecular complexity index is 248. The van der Waals surface area contributed by atoms with E-state index in [0.717, 1.165) is 6.42 Å². The molecule has 0 aromatic carbocycles. The maximum Gasteiger partial charge on any atom is 0.491 e. The zero-order chi connectivity index (χ0) is 12.8. The van der Waals surface area contributed by atoms with Crippen LogP contribution in [0, 0.1) is 5.92 Å². The SMILES string of the molecule is CCCCC(CC)C(=O)OC(=O)C(F)(F)F. The van der Waals surface area contributed by atoms with E-state index in [1.807, 2.05) is 6.92 Å². The highest BCUT2D eigenvalue weighted by molar-refractivity contribution is 5.89. The Morgan fingerprint density at radius 3 is 2.19 bits per heavy atom. The van der Waals surface area contributed by atoms with Crippen molar-refractivity contribution in [1.29, 1.82) is 0 Å². The Kier molecular flexibility index (Phi) is 6.06. The van der Waals surface area contributed by atoms with E-state index in [9.17, 15) is 22.8 Å². The molecule has 16 heavy (non-hydrogen) atoms. The molecule has 0 N–H and O–H groups in total. The lowest BCUT2D eigenvalue weighted by atomic mass is 10.00. The number of halogens is 3. The van der Waals surface area contributed by atoms with Gasteiger partial charge in [0, 0.05) is 0 Å². The number of carbonyl (C=O) groups is 2. The van der Waals surface area contributed by atoms with Crippen molar-refractivity contribution in [2.24, 2.45) is 5.92 Å². The molecule has 0 heterocycles. The summed E-state index contributed by atoms with van der Waals surface area (Å²) in [6.45, 7) is 3.57. The fourth-order valence-corrected chi connectivity index (χ4v) is 1.17. The van der Waals surface area contributed by atoms with E-state index in [1.165, 1.54) is 0 Å². The quantitative estimate of drug-likeness (QED) is 0.548. The van der Waals surface area contributed by atoms with Crippen LogP contribution >= 0.6 is 0 Å². The highest BCUT2D eigenvalue weighted by Crippen LogP contribution is 2.20. The summed E-state index contributed by atoms with van der Waals surface area (Å²) in [5.74, 6) is -4.16. The van der Waals surface area contributed by atoms with Gasteiger partial charge in [-0.3, -0.25) is 4.79 Å². The molecule has 0 amide bonds. The summed E-state index contributed by atoms with van der Waals surface area (Å²) in [7, 11) is 0. The van der Waals surface area contributed by atoms with Crippen molar-refractivity contribution in [2.45, 2.75) is 45.7 Å². The molecule has 3 nitrogen and oxygen atoms in total. The van der Waals surface area contributed by atoms with Crippen LogP contribution in [-0.2, 0) is 14.3 Å². The lowest BCUT2D eigenvalue weighted by Crippen LogP contribution is -2.30. The third-order valence-corrected chi connectivity index (χ3v) is 2.16. The molecule has 0 radical (unpaired) electrons. The van der Waals surface area contributed by atoms with Gasteiger partial charge in [-0.2, -0.15) is 13.2 Å². The van der Waals surface area contributed by atoms with E-state index in [4.69, 9.17) is 0 Å². The van der Waals surface area contributed by atoms with Gasteiger partial charge < -0.3 is 4.74 Å². The number of hydrogen-bond acceptors (Lipinski definition) is 3. The molecule has 0 bridgehead atoms. The highest BCUT2D eigenvalue weighted by Gasteiger charge is 2.43. The molecule has 1 atom stereocenters.